The van der Waals surface area contributed by atoms with Gasteiger partial charge in [-0.15, -0.1) is 0 Å². The lowest BCUT2D eigenvalue weighted by atomic mass is 9.81. The van der Waals surface area contributed by atoms with Crippen LogP contribution in [0.25, 0.3) is 0 Å². The monoisotopic (exact) mass is 310 g/mol. The highest BCUT2D eigenvalue weighted by molar-refractivity contribution is 7.89. The van der Waals surface area contributed by atoms with E-state index in [0.717, 1.165) is 25.1 Å². The smallest absolute Gasteiger partial charge is 0.240 e. The zero-order valence-corrected chi connectivity index (χ0v) is 14.2. The van der Waals surface area contributed by atoms with Crippen LogP contribution >= 0.6 is 0 Å². The number of sulfonamides is 1. The number of fused-ring (bicyclic) bond motifs is 1. The minimum Gasteiger partial charge on any atom is -0.385 e. The van der Waals surface area contributed by atoms with E-state index in [1.165, 1.54) is 5.56 Å². The van der Waals surface area contributed by atoms with Gasteiger partial charge in [-0.2, -0.15) is 0 Å². The molecule has 0 saturated carbocycles. The normalized spacial score (nSPS) is 15.7. The molecular weight excluding hydrogens is 284 g/mol. The summed E-state index contributed by atoms with van der Waals surface area (Å²) < 4.78 is 27.6. The van der Waals surface area contributed by atoms with E-state index in [0.29, 0.717) is 17.4 Å². The fraction of sp³-hybridized carbons (Fsp3) is 0.625. The number of hydrogen-bond acceptors (Lipinski definition) is 3. The zero-order valence-electron chi connectivity index (χ0n) is 13.4. The largest absolute Gasteiger partial charge is 0.385 e. The van der Waals surface area contributed by atoms with Crippen LogP contribution in [0.4, 0.5) is 5.69 Å². The molecule has 5 heteroatoms. The molecule has 2 N–H and O–H groups in total. The van der Waals surface area contributed by atoms with E-state index >= 15 is 0 Å². The standard InChI is InChI=1S/C16H26N2O2S/c1-12(2)16(3,4)11-18-21(19,20)14-8-7-13-6-5-9-17-15(13)10-14/h7-8,10,12,17-18H,5-6,9,11H2,1-4H3. The molecule has 4 nitrogen and oxygen atoms in total. The first-order valence-electron chi connectivity index (χ1n) is 7.59. The van der Waals surface area contributed by atoms with Crippen molar-refractivity contribution in [2.24, 2.45) is 11.3 Å². The predicted molar refractivity (Wildman–Crippen MR) is 87.1 cm³/mol. The second kappa shape index (κ2) is 5.97. The Morgan fingerprint density at radius 3 is 2.71 bits per heavy atom. The van der Waals surface area contributed by atoms with Crippen LogP contribution < -0.4 is 10.0 Å². The Hall–Kier alpha value is -1.07. The van der Waals surface area contributed by atoms with Crippen LogP contribution in [0.15, 0.2) is 23.1 Å². The quantitative estimate of drug-likeness (QED) is 0.879. The van der Waals surface area contributed by atoms with E-state index in [9.17, 15) is 8.42 Å². The molecule has 2 rings (SSSR count). The summed E-state index contributed by atoms with van der Waals surface area (Å²) >= 11 is 0. The Labute approximate surface area is 128 Å². The summed E-state index contributed by atoms with van der Waals surface area (Å²) in [7, 11) is -3.45. The van der Waals surface area contributed by atoms with Crippen LogP contribution in [-0.4, -0.2) is 21.5 Å². The van der Waals surface area contributed by atoms with E-state index in [1.54, 1.807) is 12.1 Å². The maximum atomic E-state index is 12.4. The first-order chi connectivity index (χ1) is 9.72. The number of aryl methyl sites for hydroxylation is 1. The lowest BCUT2D eigenvalue weighted by Crippen LogP contribution is -2.37. The lowest BCUT2D eigenvalue weighted by Gasteiger charge is -2.29. The molecule has 21 heavy (non-hydrogen) atoms. The minimum atomic E-state index is -3.45. The Kier molecular flexibility index (Phi) is 4.63. The molecule has 0 aromatic heterocycles. The van der Waals surface area contributed by atoms with Crippen molar-refractivity contribution in [2.75, 3.05) is 18.4 Å². The van der Waals surface area contributed by atoms with Gasteiger partial charge in [0, 0.05) is 18.8 Å². The molecule has 0 amide bonds. The van der Waals surface area contributed by atoms with E-state index < -0.39 is 10.0 Å². The van der Waals surface area contributed by atoms with Crippen molar-refractivity contribution in [1.29, 1.82) is 0 Å². The fourth-order valence-electron chi connectivity index (χ4n) is 2.18. The average Bonchev–Trinajstić information content (AvgIpc) is 2.45. The van der Waals surface area contributed by atoms with Gasteiger partial charge in [0.2, 0.25) is 10.0 Å². The molecule has 0 atom stereocenters. The van der Waals surface area contributed by atoms with Crippen molar-refractivity contribution in [3.05, 3.63) is 23.8 Å². The molecule has 0 bridgehead atoms. The van der Waals surface area contributed by atoms with E-state index in [2.05, 4.69) is 37.7 Å². The zero-order chi connectivity index (χ0) is 15.7. The van der Waals surface area contributed by atoms with E-state index in [4.69, 9.17) is 0 Å². The second-order valence-corrected chi connectivity index (χ2v) is 8.58. The molecule has 0 unspecified atom stereocenters. The van der Waals surface area contributed by atoms with Gasteiger partial charge in [0.25, 0.3) is 0 Å². The first-order valence-corrected chi connectivity index (χ1v) is 9.07. The summed E-state index contributed by atoms with van der Waals surface area (Å²) in [5, 5.41) is 3.27. The van der Waals surface area contributed by atoms with Crippen molar-refractivity contribution in [1.82, 2.24) is 4.72 Å². The molecular formula is C16H26N2O2S. The maximum absolute atomic E-state index is 12.4. The minimum absolute atomic E-state index is 0.0699. The molecule has 1 aromatic carbocycles. The van der Waals surface area contributed by atoms with Gasteiger partial charge in [-0.3, -0.25) is 0 Å². The predicted octanol–water partition coefficient (Wildman–Crippen LogP) is 3.01. The summed E-state index contributed by atoms with van der Waals surface area (Å²) in [4.78, 5) is 0.343. The number of nitrogens with one attached hydrogen (secondary N) is 2. The van der Waals surface area contributed by atoms with Crippen LogP contribution in [0, 0.1) is 11.3 Å². The average molecular weight is 310 g/mol. The highest BCUT2D eigenvalue weighted by atomic mass is 32.2. The molecule has 1 aliphatic rings. The van der Waals surface area contributed by atoms with Gasteiger partial charge in [0.15, 0.2) is 0 Å². The molecule has 118 valence electrons. The van der Waals surface area contributed by atoms with Gasteiger partial charge < -0.3 is 5.32 Å². The van der Waals surface area contributed by atoms with Crippen molar-refractivity contribution < 1.29 is 8.42 Å². The molecule has 0 aliphatic carbocycles. The number of benzene rings is 1. The maximum Gasteiger partial charge on any atom is 0.240 e. The van der Waals surface area contributed by atoms with Gasteiger partial charge in [-0.05, 0) is 41.9 Å². The number of anilines is 1. The summed E-state index contributed by atoms with van der Waals surface area (Å²) in [6.07, 6.45) is 2.11. The highest BCUT2D eigenvalue weighted by Gasteiger charge is 2.25. The topological polar surface area (TPSA) is 58.2 Å². The van der Waals surface area contributed by atoms with Gasteiger partial charge >= 0.3 is 0 Å². The molecule has 0 fully saturated rings. The van der Waals surface area contributed by atoms with Crippen LogP contribution in [-0.2, 0) is 16.4 Å². The van der Waals surface area contributed by atoms with Crippen molar-refractivity contribution in [3.8, 4) is 0 Å². The molecule has 0 spiro atoms. The lowest BCUT2D eigenvalue weighted by molar-refractivity contribution is 0.252. The third-order valence-corrected chi connectivity index (χ3v) is 6.01. The molecule has 0 radical (unpaired) electrons. The van der Waals surface area contributed by atoms with Crippen LogP contribution in [0.5, 0.6) is 0 Å². The Balaban J connectivity index is 2.16. The summed E-state index contributed by atoms with van der Waals surface area (Å²) in [6.45, 7) is 9.72. The number of rotatable bonds is 5. The summed E-state index contributed by atoms with van der Waals surface area (Å²) in [6, 6.07) is 5.37. The van der Waals surface area contributed by atoms with E-state index in [1.807, 2.05) is 6.07 Å². The molecule has 0 saturated heterocycles. The molecule has 1 aliphatic heterocycles. The van der Waals surface area contributed by atoms with Crippen LogP contribution in [0.2, 0.25) is 0 Å². The van der Waals surface area contributed by atoms with Gasteiger partial charge in [0.05, 0.1) is 4.90 Å². The van der Waals surface area contributed by atoms with Crippen LogP contribution in [0.1, 0.15) is 39.7 Å². The third kappa shape index (κ3) is 3.77. The second-order valence-electron chi connectivity index (χ2n) is 6.82. The highest BCUT2D eigenvalue weighted by Crippen LogP contribution is 2.27. The van der Waals surface area contributed by atoms with Gasteiger partial charge in [-0.1, -0.05) is 33.8 Å². The van der Waals surface area contributed by atoms with Crippen molar-refractivity contribution in [2.45, 2.75) is 45.4 Å². The molecule has 1 aromatic rings. The van der Waals surface area contributed by atoms with Crippen molar-refractivity contribution in [3.63, 3.8) is 0 Å². The Morgan fingerprint density at radius 1 is 1.33 bits per heavy atom. The van der Waals surface area contributed by atoms with Gasteiger partial charge in [0.1, 0.15) is 0 Å². The number of hydrogen-bond donors (Lipinski definition) is 2. The SMILES string of the molecule is CC(C)C(C)(C)CNS(=O)(=O)c1ccc2c(c1)NCCC2. The molecule has 1 heterocycles. The van der Waals surface area contributed by atoms with Gasteiger partial charge in [-0.25, -0.2) is 13.1 Å². The Morgan fingerprint density at radius 2 is 2.05 bits per heavy atom. The fourth-order valence-corrected chi connectivity index (χ4v) is 3.42. The summed E-state index contributed by atoms with van der Waals surface area (Å²) in [5.41, 5.74) is 2.08. The summed E-state index contributed by atoms with van der Waals surface area (Å²) in [5.74, 6) is 0.408. The first kappa shape index (κ1) is 16.3. The van der Waals surface area contributed by atoms with E-state index in [-0.39, 0.29) is 5.41 Å². The van der Waals surface area contributed by atoms with Crippen molar-refractivity contribution >= 4 is 15.7 Å². The Bertz CT molecular complexity index is 607. The van der Waals surface area contributed by atoms with Crippen LogP contribution in [0.3, 0.4) is 0 Å². The third-order valence-electron chi connectivity index (χ3n) is 4.61.